The van der Waals surface area contributed by atoms with Crippen molar-refractivity contribution in [1.29, 1.82) is 0 Å². The predicted molar refractivity (Wildman–Crippen MR) is 148 cm³/mol. The molecule has 1 aliphatic heterocycles. The average Bonchev–Trinajstić information content (AvgIpc) is 3.50. The fourth-order valence-electron chi connectivity index (χ4n) is 5.41. The monoisotopic (exact) mass is 540 g/mol. The van der Waals surface area contributed by atoms with Crippen molar-refractivity contribution in [2.24, 2.45) is 11.3 Å². The minimum Gasteiger partial charge on any atom is -0.391 e. The average molecular weight is 541 g/mol. The molecule has 206 valence electrons. The normalized spacial score (nSPS) is 21.2. The fraction of sp³-hybridized carbons (Fsp3) is 0.586. The number of likely N-dealkylation sites (tertiary alicyclic amines) is 1. The second-order valence-corrected chi connectivity index (χ2v) is 12.6. The highest BCUT2D eigenvalue weighted by Crippen LogP contribution is 2.29. The molecule has 0 unspecified atom stereocenters. The molecule has 1 saturated heterocycles. The first kappa shape index (κ1) is 28.2. The van der Waals surface area contributed by atoms with Crippen molar-refractivity contribution in [3.8, 4) is 10.4 Å². The lowest BCUT2D eigenvalue weighted by atomic mass is 9.83. The number of hydrogen-bond donors (Lipinski definition) is 3. The van der Waals surface area contributed by atoms with E-state index >= 15 is 0 Å². The number of thiazole rings is 1. The second kappa shape index (κ2) is 11.9. The van der Waals surface area contributed by atoms with Crippen LogP contribution in [0, 0.1) is 18.3 Å². The van der Waals surface area contributed by atoms with E-state index in [1.807, 2.05) is 57.5 Å². The Morgan fingerprint density at radius 2 is 1.79 bits per heavy atom. The van der Waals surface area contributed by atoms with Gasteiger partial charge in [-0.05, 0) is 36.3 Å². The minimum absolute atomic E-state index is 0.0731. The zero-order chi connectivity index (χ0) is 27.4. The molecule has 0 bridgehead atoms. The molecular formula is C29H40N4O4S. The Hall–Kier alpha value is -2.78. The van der Waals surface area contributed by atoms with Gasteiger partial charge in [-0.15, -0.1) is 11.3 Å². The molecular weight excluding hydrogens is 500 g/mol. The van der Waals surface area contributed by atoms with E-state index < -0.39 is 23.6 Å². The Morgan fingerprint density at radius 3 is 2.39 bits per heavy atom. The van der Waals surface area contributed by atoms with Crippen LogP contribution in [0.4, 0.5) is 0 Å². The number of aliphatic hydroxyl groups excluding tert-OH is 1. The number of hydrogen-bond acceptors (Lipinski definition) is 6. The maximum Gasteiger partial charge on any atom is 0.246 e. The Kier molecular flexibility index (Phi) is 8.88. The SMILES string of the molecule is Cc1ncsc1-c1ccc(CNC(=O)[C@@H]2C[C@@H](O)CN2C(=O)[C@@H](NC(=O)C2CCCCC2)C(C)(C)C)cc1. The smallest absolute Gasteiger partial charge is 0.246 e. The lowest BCUT2D eigenvalue weighted by Gasteiger charge is -2.36. The first-order valence-electron chi connectivity index (χ1n) is 13.6. The van der Waals surface area contributed by atoms with Gasteiger partial charge in [0.05, 0.1) is 22.2 Å². The van der Waals surface area contributed by atoms with E-state index in [9.17, 15) is 19.5 Å². The first-order valence-corrected chi connectivity index (χ1v) is 14.5. The largest absolute Gasteiger partial charge is 0.391 e. The zero-order valence-electron chi connectivity index (χ0n) is 22.8. The van der Waals surface area contributed by atoms with Crippen LogP contribution >= 0.6 is 11.3 Å². The molecule has 3 N–H and O–H groups in total. The van der Waals surface area contributed by atoms with E-state index in [1.54, 1.807) is 11.3 Å². The van der Waals surface area contributed by atoms with Gasteiger partial charge in [-0.2, -0.15) is 0 Å². The summed E-state index contributed by atoms with van der Waals surface area (Å²) in [5.41, 5.74) is 4.29. The van der Waals surface area contributed by atoms with Crippen LogP contribution in [0.5, 0.6) is 0 Å². The van der Waals surface area contributed by atoms with Gasteiger partial charge in [-0.25, -0.2) is 4.98 Å². The Morgan fingerprint density at radius 1 is 1.11 bits per heavy atom. The van der Waals surface area contributed by atoms with Crippen molar-refractivity contribution < 1.29 is 19.5 Å². The number of nitrogens with one attached hydrogen (secondary N) is 2. The Balaban J connectivity index is 1.41. The van der Waals surface area contributed by atoms with Gasteiger partial charge in [0, 0.05) is 25.4 Å². The summed E-state index contributed by atoms with van der Waals surface area (Å²) in [5, 5.41) is 16.4. The molecule has 9 heteroatoms. The molecule has 1 saturated carbocycles. The Bertz CT molecular complexity index is 1130. The number of nitrogens with zero attached hydrogens (tertiary/aromatic N) is 2. The van der Waals surface area contributed by atoms with Gasteiger partial charge in [-0.1, -0.05) is 64.3 Å². The maximum absolute atomic E-state index is 13.7. The molecule has 3 atom stereocenters. The quantitative estimate of drug-likeness (QED) is 0.495. The van der Waals surface area contributed by atoms with Gasteiger partial charge in [-0.3, -0.25) is 14.4 Å². The highest BCUT2D eigenvalue weighted by atomic mass is 32.1. The van der Waals surface area contributed by atoms with E-state index in [1.165, 1.54) is 4.90 Å². The highest BCUT2D eigenvalue weighted by Gasteiger charge is 2.44. The van der Waals surface area contributed by atoms with Gasteiger partial charge in [0.25, 0.3) is 0 Å². The number of carbonyl (C=O) groups is 3. The number of aliphatic hydroxyl groups is 1. The summed E-state index contributed by atoms with van der Waals surface area (Å²) in [5.74, 6) is -0.780. The van der Waals surface area contributed by atoms with Crippen LogP contribution in [-0.4, -0.2) is 57.4 Å². The lowest BCUT2D eigenvalue weighted by molar-refractivity contribution is -0.144. The molecule has 1 aromatic carbocycles. The summed E-state index contributed by atoms with van der Waals surface area (Å²) in [4.78, 5) is 46.8. The molecule has 2 heterocycles. The zero-order valence-corrected chi connectivity index (χ0v) is 23.6. The number of aryl methyl sites for hydroxylation is 1. The Labute approximate surface area is 229 Å². The number of β-amino-alcohol motifs (C(OH)–C–C–N with tert-alkyl or cyclic N) is 1. The van der Waals surface area contributed by atoms with E-state index in [0.717, 1.165) is 53.8 Å². The molecule has 0 radical (unpaired) electrons. The van der Waals surface area contributed by atoms with Crippen molar-refractivity contribution in [2.45, 2.75) is 91.0 Å². The van der Waals surface area contributed by atoms with Gasteiger partial charge in [0.2, 0.25) is 17.7 Å². The topological polar surface area (TPSA) is 112 Å². The molecule has 2 fully saturated rings. The summed E-state index contributed by atoms with van der Waals surface area (Å²) < 4.78 is 0. The number of rotatable bonds is 7. The van der Waals surface area contributed by atoms with Crippen LogP contribution in [0.1, 0.15) is 70.6 Å². The van der Waals surface area contributed by atoms with Gasteiger partial charge >= 0.3 is 0 Å². The third-order valence-electron chi connectivity index (χ3n) is 7.67. The summed E-state index contributed by atoms with van der Waals surface area (Å²) in [6, 6.07) is 6.41. The first-order chi connectivity index (χ1) is 18.0. The molecule has 2 aliphatic rings. The van der Waals surface area contributed by atoms with Crippen LogP contribution in [0.15, 0.2) is 29.8 Å². The molecule has 1 aromatic heterocycles. The minimum atomic E-state index is -0.786. The van der Waals surface area contributed by atoms with Crippen molar-refractivity contribution in [2.75, 3.05) is 6.54 Å². The van der Waals surface area contributed by atoms with Crippen LogP contribution in [-0.2, 0) is 20.9 Å². The van der Waals surface area contributed by atoms with Crippen LogP contribution in [0.2, 0.25) is 0 Å². The molecule has 3 amide bonds. The van der Waals surface area contributed by atoms with Crippen molar-refractivity contribution in [1.82, 2.24) is 20.5 Å². The number of aromatic nitrogens is 1. The summed E-state index contributed by atoms with van der Waals surface area (Å²) in [6.07, 6.45) is 4.27. The number of benzene rings is 1. The van der Waals surface area contributed by atoms with Crippen LogP contribution in [0.25, 0.3) is 10.4 Å². The molecule has 0 spiro atoms. The second-order valence-electron chi connectivity index (χ2n) is 11.7. The van der Waals surface area contributed by atoms with E-state index in [0.29, 0.717) is 6.54 Å². The van der Waals surface area contributed by atoms with Crippen molar-refractivity contribution >= 4 is 29.1 Å². The summed E-state index contributed by atoms with van der Waals surface area (Å²) >= 11 is 1.59. The molecule has 38 heavy (non-hydrogen) atoms. The van der Waals surface area contributed by atoms with Crippen LogP contribution < -0.4 is 10.6 Å². The predicted octanol–water partition coefficient (Wildman–Crippen LogP) is 3.81. The van der Waals surface area contributed by atoms with Gasteiger partial charge in [0.15, 0.2) is 0 Å². The standard InChI is InChI=1S/C29H40N4O4S/c1-18-24(38-17-31-18)20-12-10-19(11-13-20)15-30-27(36)23-14-22(34)16-33(23)28(37)25(29(2,3)4)32-26(35)21-8-6-5-7-9-21/h10-13,17,21-23,25,34H,5-9,14-16H2,1-4H3,(H,30,36)(H,32,35)/t22-,23+,25-/m1/s1. The third kappa shape index (κ3) is 6.61. The van der Waals surface area contributed by atoms with Crippen molar-refractivity contribution in [3.05, 3.63) is 41.0 Å². The van der Waals surface area contributed by atoms with E-state index in [2.05, 4.69) is 15.6 Å². The summed E-state index contributed by atoms with van der Waals surface area (Å²) in [7, 11) is 0. The number of carbonyl (C=O) groups excluding carboxylic acids is 3. The van der Waals surface area contributed by atoms with Crippen molar-refractivity contribution in [3.63, 3.8) is 0 Å². The third-order valence-corrected chi connectivity index (χ3v) is 8.65. The maximum atomic E-state index is 13.7. The highest BCUT2D eigenvalue weighted by molar-refractivity contribution is 7.13. The molecule has 2 aromatic rings. The van der Waals surface area contributed by atoms with E-state index in [4.69, 9.17) is 0 Å². The molecule has 4 rings (SSSR count). The van der Waals surface area contributed by atoms with Crippen LogP contribution in [0.3, 0.4) is 0 Å². The van der Waals surface area contributed by atoms with Gasteiger partial charge in [0.1, 0.15) is 12.1 Å². The fourth-order valence-corrected chi connectivity index (χ4v) is 6.22. The number of amides is 3. The molecule has 1 aliphatic carbocycles. The summed E-state index contributed by atoms with van der Waals surface area (Å²) in [6.45, 7) is 8.11. The van der Waals surface area contributed by atoms with Gasteiger partial charge < -0.3 is 20.6 Å². The van der Waals surface area contributed by atoms with E-state index in [-0.39, 0.29) is 36.6 Å². The molecule has 8 nitrogen and oxygen atoms in total. The lowest BCUT2D eigenvalue weighted by Crippen LogP contribution is -2.58.